The van der Waals surface area contributed by atoms with Crippen LogP contribution in [0.15, 0.2) is 12.4 Å². The van der Waals surface area contributed by atoms with Crippen molar-refractivity contribution in [2.45, 2.75) is 12.8 Å². The fourth-order valence-corrected chi connectivity index (χ4v) is 2.36. The molecule has 0 saturated carbocycles. The minimum Gasteiger partial charge on any atom is -0.481 e. The van der Waals surface area contributed by atoms with E-state index in [2.05, 4.69) is 16.9 Å². The third-order valence-electron chi connectivity index (χ3n) is 3.31. The zero-order valence-electron chi connectivity index (χ0n) is 9.63. The van der Waals surface area contributed by atoms with Crippen molar-refractivity contribution in [1.29, 1.82) is 0 Å². The molecule has 16 heavy (non-hydrogen) atoms. The van der Waals surface area contributed by atoms with E-state index in [1.165, 1.54) is 0 Å². The van der Waals surface area contributed by atoms with Crippen LogP contribution in [0.5, 0.6) is 0 Å². The van der Waals surface area contributed by atoms with E-state index < -0.39 is 5.97 Å². The molecule has 0 radical (unpaired) electrons. The molecule has 0 bridgehead atoms. The normalized spacial score (nSPS) is 26.1. The predicted octanol–water partition coefficient (Wildman–Crippen LogP) is 0.540. The molecular formula is C11H17N3O2. The summed E-state index contributed by atoms with van der Waals surface area (Å²) >= 11 is 0. The van der Waals surface area contributed by atoms with Crippen LogP contribution in [0.25, 0.3) is 0 Å². The number of hydrogen-bond donors (Lipinski definition) is 1. The molecule has 1 N–H and O–H groups in total. The lowest BCUT2D eigenvalue weighted by atomic mass is 9.91. The van der Waals surface area contributed by atoms with Gasteiger partial charge in [-0.1, -0.05) is 6.92 Å². The van der Waals surface area contributed by atoms with E-state index in [9.17, 15) is 9.90 Å². The van der Waals surface area contributed by atoms with Crippen molar-refractivity contribution in [3.8, 4) is 0 Å². The Kier molecular flexibility index (Phi) is 2.96. The SMILES string of the molecule is CCN1C[C@H](C(=O)O)[C@@H](c2cnn(C)c2)C1. The molecule has 88 valence electrons. The average Bonchev–Trinajstić information content (AvgIpc) is 2.82. The fraction of sp³-hybridized carbons (Fsp3) is 0.636. The molecule has 1 fully saturated rings. The van der Waals surface area contributed by atoms with E-state index in [1.54, 1.807) is 10.9 Å². The zero-order chi connectivity index (χ0) is 11.7. The van der Waals surface area contributed by atoms with Crippen molar-refractivity contribution in [1.82, 2.24) is 14.7 Å². The summed E-state index contributed by atoms with van der Waals surface area (Å²) in [5.41, 5.74) is 1.03. The molecule has 2 heterocycles. The maximum atomic E-state index is 11.2. The van der Waals surface area contributed by atoms with Crippen molar-refractivity contribution in [3.63, 3.8) is 0 Å². The molecule has 0 aliphatic carbocycles. The lowest BCUT2D eigenvalue weighted by molar-refractivity contribution is -0.141. The quantitative estimate of drug-likeness (QED) is 0.812. The van der Waals surface area contributed by atoms with Crippen LogP contribution in [0, 0.1) is 5.92 Å². The van der Waals surface area contributed by atoms with Crippen molar-refractivity contribution in [3.05, 3.63) is 18.0 Å². The number of carboxylic acid groups (broad SMARTS) is 1. The van der Waals surface area contributed by atoms with Crippen LogP contribution in [0.4, 0.5) is 0 Å². The Bertz CT molecular complexity index is 388. The number of nitrogens with zero attached hydrogens (tertiary/aromatic N) is 3. The zero-order valence-corrected chi connectivity index (χ0v) is 9.63. The number of aromatic nitrogens is 2. The topological polar surface area (TPSA) is 58.4 Å². The van der Waals surface area contributed by atoms with Gasteiger partial charge in [0.25, 0.3) is 0 Å². The molecule has 5 nitrogen and oxygen atoms in total. The Morgan fingerprint density at radius 3 is 2.88 bits per heavy atom. The maximum absolute atomic E-state index is 11.2. The first kappa shape index (κ1) is 11.1. The fourth-order valence-electron chi connectivity index (χ4n) is 2.36. The lowest BCUT2D eigenvalue weighted by Crippen LogP contribution is -2.23. The van der Waals surface area contributed by atoms with Gasteiger partial charge in [0.1, 0.15) is 0 Å². The molecule has 1 saturated heterocycles. The summed E-state index contributed by atoms with van der Waals surface area (Å²) in [4.78, 5) is 13.4. The van der Waals surface area contributed by atoms with E-state index in [-0.39, 0.29) is 11.8 Å². The lowest BCUT2D eigenvalue weighted by Gasteiger charge is -2.12. The number of carbonyl (C=O) groups is 1. The number of aryl methyl sites for hydroxylation is 1. The summed E-state index contributed by atoms with van der Waals surface area (Å²) in [6.45, 7) is 4.43. The van der Waals surface area contributed by atoms with Gasteiger partial charge in [-0.05, 0) is 12.1 Å². The molecule has 0 amide bonds. The predicted molar refractivity (Wildman–Crippen MR) is 59.2 cm³/mol. The summed E-state index contributed by atoms with van der Waals surface area (Å²) < 4.78 is 1.73. The van der Waals surface area contributed by atoms with Crippen LogP contribution in [0.1, 0.15) is 18.4 Å². The largest absolute Gasteiger partial charge is 0.481 e. The molecule has 2 atom stereocenters. The van der Waals surface area contributed by atoms with Crippen LogP contribution in [-0.4, -0.2) is 45.4 Å². The van der Waals surface area contributed by atoms with E-state index >= 15 is 0 Å². The standard InChI is InChI=1S/C11H17N3O2/c1-3-14-6-9(10(7-14)11(15)16)8-4-12-13(2)5-8/h4-5,9-10H,3,6-7H2,1-2H3,(H,15,16)/t9-,10+/m1/s1. The van der Waals surface area contributed by atoms with Gasteiger partial charge in [-0.15, -0.1) is 0 Å². The van der Waals surface area contributed by atoms with Crippen LogP contribution >= 0.6 is 0 Å². The number of carboxylic acids is 1. The first-order valence-corrected chi connectivity index (χ1v) is 5.55. The highest BCUT2D eigenvalue weighted by Gasteiger charge is 2.38. The number of likely N-dealkylation sites (tertiary alicyclic amines) is 1. The van der Waals surface area contributed by atoms with Crippen LogP contribution in [0.2, 0.25) is 0 Å². The molecule has 0 unspecified atom stereocenters. The molecule has 0 aromatic carbocycles. The van der Waals surface area contributed by atoms with Gasteiger partial charge < -0.3 is 10.0 Å². The maximum Gasteiger partial charge on any atom is 0.308 e. The van der Waals surface area contributed by atoms with E-state index in [0.29, 0.717) is 6.54 Å². The Morgan fingerprint density at radius 1 is 1.62 bits per heavy atom. The molecule has 1 aliphatic rings. The smallest absolute Gasteiger partial charge is 0.308 e. The molecule has 2 rings (SSSR count). The summed E-state index contributed by atoms with van der Waals surface area (Å²) in [6, 6.07) is 0. The van der Waals surface area contributed by atoms with Gasteiger partial charge in [0.15, 0.2) is 0 Å². The Balaban J connectivity index is 2.21. The first-order valence-electron chi connectivity index (χ1n) is 5.55. The van der Waals surface area contributed by atoms with Crippen LogP contribution in [0.3, 0.4) is 0 Å². The minimum atomic E-state index is -0.704. The van der Waals surface area contributed by atoms with Gasteiger partial charge in [-0.3, -0.25) is 9.48 Å². The number of likely N-dealkylation sites (N-methyl/N-ethyl adjacent to an activating group) is 1. The first-order chi connectivity index (χ1) is 7.61. The molecule has 1 aliphatic heterocycles. The highest BCUT2D eigenvalue weighted by atomic mass is 16.4. The van der Waals surface area contributed by atoms with Crippen LogP contribution in [-0.2, 0) is 11.8 Å². The van der Waals surface area contributed by atoms with Crippen molar-refractivity contribution >= 4 is 5.97 Å². The van der Waals surface area contributed by atoms with Crippen molar-refractivity contribution in [2.24, 2.45) is 13.0 Å². The van der Waals surface area contributed by atoms with Crippen LogP contribution < -0.4 is 0 Å². The molecular weight excluding hydrogens is 206 g/mol. The Labute approximate surface area is 94.7 Å². The number of hydrogen-bond acceptors (Lipinski definition) is 3. The second-order valence-corrected chi connectivity index (χ2v) is 4.35. The summed E-state index contributed by atoms with van der Waals surface area (Å²) in [6.07, 6.45) is 3.69. The highest BCUT2D eigenvalue weighted by Crippen LogP contribution is 2.32. The van der Waals surface area contributed by atoms with Gasteiger partial charge >= 0.3 is 5.97 Å². The number of aliphatic carboxylic acids is 1. The summed E-state index contributed by atoms with van der Waals surface area (Å²) in [5, 5.41) is 13.3. The third kappa shape index (κ3) is 1.95. The van der Waals surface area contributed by atoms with Crippen molar-refractivity contribution < 1.29 is 9.90 Å². The minimum absolute atomic E-state index is 0.0751. The van der Waals surface area contributed by atoms with Gasteiger partial charge in [0, 0.05) is 32.3 Å². The molecule has 1 aromatic heterocycles. The van der Waals surface area contributed by atoms with E-state index in [4.69, 9.17) is 0 Å². The second kappa shape index (κ2) is 4.25. The van der Waals surface area contributed by atoms with Gasteiger partial charge in [0.05, 0.1) is 12.1 Å². The third-order valence-corrected chi connectivity index (χ3v) is 3.31. The Morgan fingerprint density at radius 2 is 2.38 bits per heavy atom. The summed E-state index contributed by atoms with van der Waals surface area (Å²) in [5.74, 6) is -0.930. The molecule has 1 aromatic rings. The van der Waals surface area contributed by atoms with Gasteiger partial charge in [0.2, 0.25) is 0 Å². The van der Waals surface area contributed by atoms with Gasteiger partial charge in [-0.2, -0.15) is 5.10 Å². The van der Waals surface area contributed by atoms with E-state index in [0.717, 1.165) is 18.7 Å². The van der Waals surface area contributed by atoms with Gasteiger partial charge in [-0.25, -0.2) is 0 Å². The van der Waals surface area contributed by atoms with Crippen molar-refractivity contribution in [2.75, 3.05) is 19.6 Å². The molecule has 0 spiro atoms. The number of rotatable bonds is 3. The highest BCUT2D eigenvalue weighted by molar-refractivity contribution is 5.72. The monoisotopic (exact) mass is 223 g/mol. The van der Waals surface area contributed by atoms with E-state index in [1.807, 2.05) is 13.2 Å². The average molecular weight is 223 g/mol. The molecule has 5 heteroatoms. The second-order valence-electron chi connectivity index (χ2n) is 4.35. The Hall–Kier alpha value is -1.36. The summed E-state index contributed by atoms with van der Waals surface area (Å²) in [7, 11) is 1.85.